The highest BCUT2D eigenvalue weighted by atomic mass is 35.5. The van der Waals surface area contributed by atoms with Crippen LogP contribution in [-0.2, 0) is 11.3 Å². The molecule has 0 aliphatic heterocycles. The van der Waals surface area contributed by atoms with E-state index in [1.807, 2.05) is 6.07 Å². The van der Waals surface area contributed by atoms with Crippen molar-refractivity contribution in [1.29, 1.82) is 0 Å². The zero-order chi connectivity index (χ0) is 8.97. The first-order valence-electron chi connectivity index (χ1n) is 3.55. The fourth-order valence-corrected chi connectivity index (χ4v) is 1.28. The van der Waals surface area contributed by atoms with Gasteiger partial charge in [0.15, 0.2) is 0 Å². The van der Waals surface area contributed by atoms with Crippen LogP contribution in [-0.4, -0.2) is 6.61 Å². The molecular formula is C9H9Cl2O. The van der Waals surface area contributed by atoms with Crippen molar-refractivity contribution in [3.8, 4) is 0 Å². The van der Waals surface area contributed by atoms with E-state index in [4.69, 9.17) is 27.9 Å². The van der Waals surface area contributed by atoms with Gasteiger partial charge in [-0.3, -0.25) is 0 Å². The number of rotatable bonds is 3. The molecule has 1 radical (unpaired) electrons. The minimum absolute atomic E-state index is 0.443. The molecule has 0 spiro atoms. The number of hydrogen-bond acceptors (Lipinski definition) is 1. The zero-order valence-corrected chi connectivity index (χ0v) is 8.03. The topological polar surface area (TPSA) is 9.23 Å². The lowest BCUT2D eigenvalue weighted by Crippen LogP contribution is -1.92. The summed E-state index contributed by atoms with van der Waals surface area (Å²) in [6, 6.07) is 5.33. The molecular weight excluding hydrogens is 195 g/mol. The maximum Gasteiger partial charge on any atom is 0.0731 e. The number of ether oxygens (including phenoxy) is 1. The number of halogens is 2. The van der Waals surface area contributed by atoms with E-state index in [9.17, 15) is 0 Å². The molecule has 1 nitrogen and oxygen atoms in total. The van der Waals surface area contributed by atoms with Crippen LogP contribution in [0, 0.1) is 6.92 Å². The van der Waals surface area contributed by atoms with E-state index < -0.39 is 0 Å². The van der Waals surface area contributed by atoms with E-state index in [0.29, 0.717) is 23.3 Å². The highest BCUT2D eigenvalue weighted by Crippen LogP contribution is 2.21. The Kier molecular flexibility index (Phi) is 3.86. The molecule has 1 aromatic carbocycles. The van der Waals surface area contributed by atoms with Gasteiger partial charge in [-0.25, -0.2) is 0 Å². The first-order chi connectivity index (χ1) is 5.74. The van der Waals surface area contributed by atoms with E-state index in [-0.39, 0.29) is 0 Å². The quantitative estimate of drug-likeness (QED) is 0.733. The summed E-state index contributed by atoms with van der Waals surface area (Å²) < 4.78 is 5.10. The predicted octanol–water partition coefficient (Wildman–Crippen LogP) is 3.34. The van der Waals surface area contributed by atoms with Gasteiger partial charge < -0.3 is 4.74 Å². The van der Waals surface area contributed by atoms with Crippen molar-refractivity contribution in [2.24, 2.45) is 0 Å². The SMILES string of the molecule is [CH2]COCc1ccc(Cl)cc1Cl. The standard InChI is InChI=1S/C9H9Cl2O/c1-2-12-6-7-3-4-8(10)5-9(7)11/h3-5H,1-2,6H2. The van der Waals surface area contributed by atoms with Gasteiger partial charge in [0.2, 0.25) is 0 Å². The van der Waals surface area contributed by atoms with Crippen molar-refractivity contribution in [1.82, 2.24) is 0 Å². The highest BCUT2D eigenvalue weighted by Gasteiger charge is 1.99. The van der Waals surface area contributed by atoms with E-state index in [2.05, 4.69) is 6.92 Å². The van der Waals surface area contributed by atoms with Crippen LogP contribution in [0.3, 0.4) is 0 Å². The molecule has 1 aromatic rings. The molecule has 12 heavy (non-hydrogen) atoms. The van der Waals surface area contributed by atoms with Crippen molar-refractivity contribution in [3.63, 3.8) is 0 Å². The smallest absolute Gasteiger partial charge is 0.0731 e. The Morgan fingerprint density at radius 1 is 1.33 bits per heavy atom. The van der Waals surface area contributed by atoms with Crippen LogP contribution in [0.4, 0.5) is 0 Å². The molecule has 1 rings (SSSR count). The Morgan fingerprint density at radius 2 is 2.08 bits per heavy atom. The summed E-state index contributed by atoms with van der Waals surface area (Å²) in [5.41, 5.74) is 0.935. The summed E-state index contributed by atoms with van der Waals surface area (Å²) >= 11 is 11.6. The Hall–Kier alpha value is -0.240. The van der Waals surface area contributed by atoms with E-state index in [1.54, 1.807) is 12.1 Å². The number of benzene rings is 1. The fraction of sp³-hybridized carbons (Fsp3) is 0.222. The minimum atomic E-state index is 0.443. The molecule has 0 N–H and O–H groups in total. The minimum Gasteiger partial charge on any atom is -0.377 e. The summed E-state index contributed by atoms with van der Waals surface area (Å²) in [6.45, 7) is 4.49. The van der Waals surface area contributed by atoms with Crippen LogP contribution >= 0.6 is 23.2 Å². The largest absolute Gasteiger partial charge is 0.377 e. The molecule has 0 amide bonds. The summed E-state index contributed by atoms with van der Waals surface area (Å²) in [4.78, 5) is 0. The summed E-state index contributed by atoms with van der Waals surface area (Å²) in [5.74, 6) is 0. The van der Waals surface area contributed by atoms with Gasteiger partial charge in [0, 0.05) is 16.7 Å². The molecule has 0 aromatic heterocycles. The van der Waals surface area contributed by atoms with E-state index in [1.165, 1.54) is 0 Å². The average Bonchev–Trinajstić information content (AvgIpc) is 2.03. The summed E-state index contributed by atoms with van der Waals surface area (Å²) in [5, 5.41) is 1.27. The van der Waals surface area contributed by atoms with Gasteiger partial charge >= 0.3 is 0 Å². The Morgan fingerprint density at radius 3 is 2.67 bits per heavy atom. The van der Waals surface area contributed by atoms with Crippen LogP contribution in [0.2, 0.25) is 10.0 Å². The van der Waals surface area contributed by atoms with Crippen molar-refractivity contribution < 1.29 is 4.74 Å². The van der Waals surface area contributed by atoms with Crippen molar-refractivity contribution in [2.75, 3.05) is 6.61 Å². The maximum absolute atomic E-state index is 5.88. The zero-order valence-electron chi connectivity index (χ0n) is 6.52. The second kappa shape index (κ2) is 4.70. The Balaban J connectivity index is 2.72. The highest BCUT2D eigenvalue weighted by molar-refractivity contribution is 6.35. The summed E-state index contributed by atoms with van der Waals surface area (Å²) in [7, 11) is 0. The summed E-state index contributed by atoms with van der Waals surface area (Å²) in [6.07, 6.45) is 0. The molecule has 0 aliphatic rings. The number of hydrogen-bond donors (Lipinski definition) is 0. The van der Waals surface area contributed by atoms with Crippen molar-refractivity contribution in [3.05, 3.63) is 40.7 Å². The van der Waals surface area contributed by atoms with Crippen LogP contribution < -0.4 is 0 Å². The second-order valence-electron chi connectivity index (χ2n) is 2.29. The maximum atomic E-state index is 5.88. The molecule has 0 heterocycles. The third-order valence-corrected chi connectivity index (χ3v) is 2.00. The molecule has 3 heteroatoms. The molecule has 65 valence electrons. The van der Waals surface area contributed by atoms with Crippen LogP contribution in [0.5, 0.6) is 0 Å². The van der Waals surface area contributed by atoms with Gasteiger partial charge in [-0.1, -0.05) is 29.3 Å². The average molecular weight is 204 g/mol. The monoisotopic (exact) mass is 203 g/mol. The third kappa shape index (κ3) is 2.67. The van der Waals surface area contributed by atoms with Gasteiger partial charge in [-0.15, -0.1) is 0 Å². The third-order valence-electron chi connectivity index (χ3n) is 1.42. The molecule has 0 saturated heterocycles. The fourth-order valence-electron chi connectivity index (χ4n) is 0.821. The first-order valence-corrected chi connectivity index (χ1v) is 4.30. The molecule has 0 atom stereocenters. The van der Waals surface area contributed by atoms with Crippen molar-refractivity contribution in [2.45, 2.75) is 6.61 Å². The molecule has 0 saturated carbocycles. The lowest BCUT2D eigenvalue weighted by Gasteiger charge is -2.03. The van der Waals surface area contributed by atoms with Crippen molar-refractivity contribution >= 4 is 23.2 Å². The van der Waals surface area contributed by atoms with Crippen LogP contribution in [0.1, 0.15) is 5.56 Å². The molecule has 0 unspecified atom stereocenters. The predicted molar refractivity (Wildman–Crippen MR) is 51.5 cm³/mol. The first kappa shape index (κ1) is 9.85. The lowest BCUT2D eigenvalue weighted by atomic mass is 10.2. The normalized spacial score (nSPS) is 10.2. The molecule has 0 aliphatic carbocycles. The van der Waals surface area contributed by atoms with Crippen LogP contribution in [0.25, 0.3) is 0 Å². The van der Waals surface area contributed by atoms with Gasteiger partial charge in [-0.05, 0) is 24.6 Å². The Bertz CT molecular complexity index is 261. The van der Waals surface area contributed by atoms with E-state index >= 15 is 0 Å². The van der Waals surface area contributed by atoms with Gasteiger partial charge in [0.05, 0.1) is 6.61 Å². The molecule has 0 bridgehead atoms. The second-order valence-corrected chi connectivity index (χ2v) is 3.13. The van der Waals surface area contributed by atoms with Gasteiger partial charge in [-0.2, -0.15) is 0 Å². The van der Waals surface area contributed by atoms with E-state index in [0.717, 1.165) is 5.56 Å². The lowest BCUT2D eigenvalue weighted by molar-refractivity contribution is 0.147. The van der Waals surface area contributed by atoms with Gasteiger partial charge in [0.25, 0.3) is 0 Å². The van der Waals surface area contributed by atoms with Crippen LogP contribution in [0.15, 0.2) is 18.2 Å². The molecule has 0 fully saturated rings. The Labute approximate surface area is 82.2 Å². The van der Waals surface area contributed by atoms with Gasteiger partial charge in [0.1, 0.15) is 0 Å².